The minimum absolute atomic E-state index is 0.100. The molecule has 1 unspecified atom stereocenters. The van der Waals surface area contributed by atoms with Gasteiger partial charge in [0.15, 0.2) is 6.10 Å². The number of unbranched alkanes of at least 4 members (excludes halogenated alkanes) is 36. The fraction of sp³-hybridized carbons (Fsp3) is 0.779. The van der Waals surface area contributed by atoms with Gasteiger partial charge in [0.25, 0.3) is 0 Å². The number of hydrogen-bond acceptors (Lipinski definition) is 6. The lowest BCUT2D eigenvalue weighted by molar-refractivity contribution is -0.166. The third kappa shape index (κ3) is 59.7. The molecule has 0 aromatic heterocycles. The molecular formula is C68H120O6. The molecule has 0 aromatic carbocycles. The fourth-order valence-corrected chi connectivity index (χ4v) is 9.22. The zero-order valence-corrected chi connectivity index (χ0v) is 49.1. The van der Waals surface area contributed by atoms with Crippen LogP contribution in [-0.2, 0) is 28.6 Å². The van der Waals surface area contributed by atoms with Gasteiger partial charge >= 0.3 is 17.9 Å². The Morgan fingerprint density at radius 3 is 0.878 bits per heavy atom. The minimum Gasteiger partial charge on any atom is -0.462 e. The van der Waals surface area contributed by atoms with Gasteiger partial charge in [-0.25, -0.2) is 0 Å². The van der Waals surface area contributed by atoms with Crippen molar-refractivity contribution in [1.82, 2.24) is 0 Å². The van der Waals surface area contributed by atoms with Gasteiger partial charge in [-0.05, 0) is 70.6 Å². The highest BCUT2D eigenvalue weighted by molar-refractivity contribution is 5.72. The molecular weight excluding hydrogens is 913 g/mol. The molecule has 0 aromatic rings. The van der Waals surface area contributed by atoms with Gasteiger partial charge in [-0.15, -0.1) is 0 Å². The van der Waals surface area contributed by atoms with Crippen LogP contribution >= 0.6 is 0 Å². The van der Waals surface area contributed by atoms with Crippen molar-refractivity contribution in [2.45, 2.75) is 329 Å². The molecule has 428 valence electrons. The van der Waals surface area contributed by atoms with Crippen LogP contribution in [0.3, 0.4) is 0 Å². The lowest BCUT2D eigenvalue weighted by Gasteiger charge is -2.18. The highest BCUT2D eigenvalue weighted by atomic mass is 16.6. The average Bonchev–Trinajstić information content (AvgIpc) is 3.40. The Kier molecular flexibility index (Phi) is 59.7. The summed E-state index contributed by atoms with van der Waals surface area (Å²) in [5.41, 5.74) is 0. The van der Waals surface area contributed by atoms with Crippen LogP contribution in [0.15, 0.2) is 72.9 Å². The molecule has 0 rings (SSSR count). The van der Waals surface area contributed by atoms with E-state index in [2.05, 4.69) is 81.5 Å². The number of ether oxygens (including phenoxy) is 3. The van der Waals surface area contributed by atoms with E-state index in [1.54, 1.807) is 6.08 Å². The van der Waals surface area contributed by atoms with Crippen molar-refractivity contribution in [2.75, 3.05) is 13.2 Å². The molecule has 0 amide bonds. The molecule has 0 radical (unpaired) electrons. The largest absolute Gasteiger partial charge is 0.462 e. The molecule has 6 heteroatoms. The SMILES string of the molecule is CC/C=C\C/C=C\C/C=C\C/C=C\C/C=C\CC(=O)OC(COC(=O)CCCCCCCCCCCCCC)COC(=O)CCCCCCCCCCCCCCCCCCC/C=C\CCCCCCCCCC. The third-order valence-electron chi connectivity index (χ3n) is 14.0. The lowest BCUT2D eigenvalue weighted by atomic mass is 10.0. The fourth-order valence-electron chi connectivity index (χ4n) is 9.22. The zero-order chi connectivity index (χ0) is 53.6. The molecule has 0 fully saturated rings. The van der Waals surface area contributed by atoms with Gasteiger partial charge in [-0.1, -0.05) is 306 Å². The van der Waals surface area contributed by atoms with Gasteiger partial charge in [0.2, 0.25) is 0 Å². The first-order chi connectivity index (χ1) is 36.5. The molecule has 0 aliphatic carbocycles. The van der Waals surface area contributed by atoms with Crippen LogP contribution < -0.4 is 0 Å². The quantitative estimate of drug-likeness (QED) is 0.0261. The van der Waals surface area contributed by atoms with Gasteiger partial charge in [0, 0.05) is 12.8 Å². The summed E-state index contributed by atoms with van der Waals surface area (Å²) in [5, 5.41) is 0. The summed E-state index contributed by atoms with van der Waals surface area (Å²) in [4.78, 5) is 38.1. The van der Waals surface area contributed by atoms with E-state index < -0.39 is 12.1 Å². The van der Waals surface area contributed by atoms with Crippen molar-refractivity contribution in [3.05, 3.63) is 72.9 Å². The van der Waals surface area contributed by atoms with E-state index in [0.29, 0.717) is 12.8 Å². The summed E-state index contributed by atoms with van der Waals surface area (Å²) in [6.45, 7) is 6.47. The third-order valence-corrected chi connectivity index (χ3v) is 14.0. The number of esters is 3. The molecule has 0 bridgehead atoms. The Balaban J connectivity index is 4.22. The van der Waals surface area contributed by atoms with Gasteiger partial charge in [0.1, 0.15) is 13.2 Å². The lowest BCUT2D eigenvalue weighted by Crippen LogP contribution is -2.30. The van der Waals surface area contributed by atoms with Gasteiger partial charge in [-0.2, -0.15) is 0 Å². The van der Waals surface area contributed by atoms with Crippen molar-refractivity contribution < 1.29 is 28.6 Å². The van der Waals surface area contributed by atoms with Gasteiger partial charge in [0.05, 0.1) is 6.42 Å². The standard InChI is InChI=1S/C68H120O6/c1-4-7-10-13-16-19-22-25-27-28-29-30-31-32-33-34-35-36-37-38-39-40-42-43-46-49-52-55-58-61-67(70)73-64-65(63-72-66(69)60-57-54-51-48-45-24-21-18-15-12-9-6-3)74-68(71)62-59-56-53-50-47-44-41-26-23-20-17-14-11-8-5-2/h8,11,17,20,26,28-29,41,47,50,56,59,65H,4-7,9-10,12-16,18-19,21-25,27,30-40,42-46,48-49,51-55,57-58,60-64H2,1-3H3/b11-8-,20-17-,29-28-,41-26-,50-47-,59-56-. The van der Waals surface area contributed by atoms with E-state index in [4.69, 9.17) is 14.2 Å². The van der Waals surface area contributed by atoms with Gasteiger partial charge < -0.3 is 14.2 Å². The van der Waals surface area contributed by atoms with Gasteiger partial charge in [-0.3, -0.25) is 14.4 Å². The first-order valence-electron chi connectivity index (χ1n) is 31.9. The summed E-state index contributed by atoms with van der Waals surface area (Å²) in [5.74, 6) is -1.03. The molecule has 0 aliphatic rings. The average molecular weight is 1030 g/mol. The summed E-state index contributed by atoms with van der Waals surface area (Å²) < 4.78 is 16.8. The second-order valence-corrected chi connectivity index (χ2v) is 21.3. The van der Waals surface area contributed by atoms with Crippen molar-refractivity contribution in [3.8, 4) is 0 Å². The number of carbonyl (C=O) groups excluding carboxylic acids is 3. The van der Waals surface area contributed by atoms with Crippen LogP contribution in [0.4, 0.5) is 0 Å². The van der Waals surface area contributed by atoms with Crippen molar-refractivity contribution >= 4 is 17.9 Å². The minimum atomic E-state index is -0.827. The number of carbonyl (C=O) groups is 3. The molecule has 74 heavy (non-hydrogen) atoms. The van der Waals surface area contributed by atoms with E-state index in [-0.39, 0.29) is 31.6 Å². The summed E-state index contributed by atoms with van der Waals surface area (Å²) in [6, 6.07) is 0. The molecule has 0 saturated heterocycles. The maximum absolute atomic E-state index is 12.8. The van der Waals surface area contributed by atoms with Crippen LogP contribution in [0.25, 0.3) is 0 Å². The second kappa shape index (κ2) is 62.4. The molecule has 6 nitrogen and oxygen atoms in total. The first kappa shape index (κ1) is 70.8. The monoisotopic (exact) mass is 1030 g/mol. The Morgan fingerprint density at radius 2 is 0.568 bits per heavy atom. The smallest absolute Gasteiger partial charge is 0.310 e. The Labute approximate surface area is 459 Å². The number of hydrogen-bond donors (Lipinski definition) is 0. The topological polar surface area (TPSA) is 78.9 Å². The van der Waals surface area contributed by atoms with E-state index >= 15 is 0 Å². The van der Waals surface area contributed by atoms with E-state index in [9.17, 15) is 14.4 Å². The number of allylic oxidation sites excluding steroid dienone is 11. The Hall–Kier alpha value is -3.15. The van der Waals surface area contributed by atoms with Crippen molar-refractivity contribution in [2.24, 2.45) is 0 Å². The van der Waals surface area contributed by atoms with Crippen LogP contribution in [-0.4, -0.2) is 37.2 Å². The molecule has 1 atom stereocenters. The maximum atomic E-state index is 12.8. The normalized spacial score (nSPS) is 12.5. The molecule has 0 saturated carbocycles. The number of rotatable bonds is 58. The predicted molar refractivity (Wildman–Crippen MR) is 321 cm³/mol. The van der Waals surface area contributed by atoms with Crippen LogP contribution in [0, 0.1) is 0 Å². The molecule has 0 aliphatic heterocycles. The Bertz CT molecular complexity index is 1370. The highest BCUT2D eigenvalue weighted by Gasteiger charge is 2.19. The van der Waals surface area contributed by atoms with Crippen molar-refractivity contribution in [1.29, 1.82) is 0 Å². The maximum Gasteiger partial charge on any atom is 0.310 e. The highest BCUT2D eigenvalue weighted by Crippen LogP contribution is 2.17. The molecule has 0 heterocycles. The van der Waals surface area contributed by atoms with Crippen LogP contribution in [0.5, 0.6) is 0 Å². The zero-order valence-electron chi connectivity index (χ0n) is 49.1. The van der Waals surface area contributed by atoms with Crippen LogP contribution in [0.2, 0.25) is 0 Å². The first-order valence-corrected chi connectivity index (χ1v) is 31.9. The van der Waals surface area contributed by atoms with Crippen molar-refractivity contribution in [3.63, 3.8) is 0 Å². The second-order valence-electron chi connectivity index (χ2n) is 21.3. The van der Waals surface area contributed by atoms with E-state index in [1.807, 2.05) is 6.08 Å². The molecule has 0 N–H and O–H groups in total. The summed E-state index contributed by atoms with van der Waals surface area (Å²) in [6.07, 6.45) is 81.0. The van der Waals surface area contributed by atoms with E-state index in [0.717, 1.165) is 70.6 Å². The summed E-state index contributed by atoms with van der Waals surface area (Å²) >= 11 is 0. The Morgan fingerprint density at radius 1 is 0.297 bits per heavy atom. The summed E-state index contributed by atoms with van der Waals surface area (Å²) in [7, 11) is 0. The molecule has 0 spiro atoms. The van der Waals surface area contributed by atoms with Crippen LogP contribution in [0.1, 0.15) is 323 Å². The van der Waals surface area contributed by atoms with E-state index in [1.165, 1.54) is 212 Å². The predicted octanol–water partition coefficient (Wildman–Crippen LogP) is 21.7.